The Hall–Kier alpha value is -1.91. The van der Waals surface area contributed by atoms with Gasteiger partial charge in [0.25, 0.3) is 0 Å². The van der Waals surface area contributed by atoms with Crippen molar-refractivity contribution >= 4 is 44.2 Å². The van der Waals surface area contributed by atoms with Gasteiger partial charge < -0.3 is 5.32 Å². The van der Waals surface area contributed by atoms with E-state index in [4.69, 9.17) is 11.6 Å². The third-order valence-electron chi connectivity index (χ3n) is 4.09. The number of thiazole rings is 1. The second kappa shape index (κ2) is 5.07. The normalized spacial score (nSPS) is 15.7. The van der Waals surface area contributed by atoms with Crippen LogP contribution in [0.3, 0.4) is 0 Å². The first kappa shape index (κ1) is 13.7. The quantitative estimate of drug-likeness (QED) is 0.762. The largest absolute Gasteiger partial charge is 0.301 e. The number of amides is 1. The Bertz CT molecular complexity index is 837. The lowest BCUT2D eigenvalue weighted by Gasteiger charge is -2.15. The van der Waals surface area contributed by atoms with E-state index in [1.165, 1.54) is 11.3 Å². The Labute approximate surface area is 136 Å². The molecule has 0 bridgehead atoms. The first-order valence-corrected chi connectivity index (χ1v) is 8.30. The van der Waals surface area contributed by atoms with Crippen molar-refractivity contribution in [2.24, 2.45) is 0 Å². The SMILES string of the molecule is O=C(Nc1nc2ccccc2s1)C1(c2ccccc2Cl)CC1. The minimum Gasteiger partial charge on any atom is -0.301 e. The van der Waals surface area contributed by atoms with E-state index in [9.17, 15) is 4.79 Å². The van der Waals surface area contributed by atoms with Crippen molar-refractivity contribution < 1.29 is 4.79 Å². The maximum atomic E-state index is 12.7. The summed E-state index contributed by atoms with van der Waals surface area (Å²) in [5.74, 6) is -0.0142. The van der Waals surface area contributed by atoms with Gasteiger partial charge in [-0.3, -0.25) is 4.79 Å². The third kappa shape index (κ3) is 2.19. The fourth-order valence-electron chi connectivity index (χ4n) is 2.74. The van der Waals surface area contributed by atoms with Crippen LogP contribution in [0, 0.1) is 0 Å². The summed E-state index contributed by atoms with van der Waals surface area (Å²) in [5, 5.41) is 4.27. The Kier molecular flexibility index (Phi) is 3.17. The molecule has 0 atom stereocenters. The van der Waals surface area contributed by atoms with E-state index >= 15 is 0 Å². The molecule has 1 heterocycles. The molecule has 1 amide bonds. The molecule has 4 rings (SSSR count). The van der Waals surface area contributed by atoms with Crippen LogP contribution in [0.5, 0.6) is 0 Å². The van der Waals surface area contributed by atoms with E-state index in [0.29, 0.717) is 10.2 Å². The number of carbonyl (C=O) groups excluding carboxylic acids is 1. The number of halogens is 1. The number of hydrogen-bond donors (Lipinski definition) is 1. The van der Waals surface area contributed by atoms with Crippen LogP contribution >= 0.6 is 22.9 Å². The second-order valence-corrected chi connectivity index (χ2v) is 6.94. The summed E-state index contributed by atoms with van der Waals surface area (Å²) >= 11 is 7.76. The second-order valence-electron chi connectivity index (χ2n) is 5.50. The number of nitrogens with one attached hydrogen (secondary N) is 1. The summed E-state index contributed by atoms with van der Waals surface area (Å²) in [4.78, 5) is 17.2. The molecule has 22 heavy (non-hydrogen) atoms. The van der Waals surface area contributed by atoms with Gasteiger partial charge in [0.2, 0.25) is 5.91 Å². The molecule has 2 aromatic carbocycles. The molecule has 3 nitrogen and oxygen atoms in total. The highest BCUT2D eigenvalue weighted by molar-refractivity contribution is 7.22. The summed E-state index contributed by atoms with van der Waals surface area (Å²) < 4.78 is 1.07. The van der Waals surface area contributed by atoms with Gasteiger partial charge in [-0.15, -0.1) is 0 Å². The summed E-state index contributed by atoms with van der Waals surface area (Å²) in [7, 11) is 0. The fraction of sp³-hybridized carbons (Fsp3) is 0.176. The average Bonchev–Trinajstić information content (AvgIpc) is 3.22. The summed E-state index contributed by atoms with van der Waals surface area (Å²) in [6.07, 6.45) is 1.65. The summed E-state index contributed by atoms with van der Waals surface area (Å²) in [5.41, 5.74) is 1.33. The van der Waals surface area contributed by atoms with E-state index in [2.05, 4.69) is 10.3 Å². The standard InChI is InChI=1S/C17H13ClN2OS/c18-12-6-2-1-5-11(12)17(9-10-17)15(21)20-16-19-13-7-3-4-8-14(13)22-16/h1-8H,9-10H2,(H,19,20,21). The van der Waals surface area contributed by atoms with Crippen molar-refractivity contribution in [3.63, 3.8) is 0 Å². The number of rotatable bonds is 3. The monoisotopic (exact) mass is 328 g/mol. The molecule has 1 aromatic heterocycles. The molecule has 1 fully saturated rings. The zero-order valence-electron chi connectivity index (χ0n) is 11.7. The van der Waals surface area contributed by atoms with E-state index in [0.717, 1.165) is 28.6 Å². The van der Waals surface area contributed by atoms with Crippen LogP contribution < -0.4 is 5.32 Å². The molecule has 1 aliphatic carbocycles. The molecule has 0 radical (unpaired) electrons. The Morgan fingerprint density at radius 1 is 1.14 bits per heavy atom. The number of nitrogens with zero attached hydrogens (tertiary/aromatic N) is 1. The van der Waals surface area contributed by atoms with E-state index in [-0.39, 0.29) is 5.91 Å². The highest BCUT2D eigenvalue weighted by Gasteiger charge is 2.52. The summed E-state index contributed by atoms with van der Waals surface area (Å²) in [6.45, 7) is 0. The molecule has 110 valence electrons. The fourth-order valence-corrected chi connectivity index (χ4v) is 3.91. The smallest absolute Gasteiger partial charge is 0.236 e. The van der Waals surface area contributed by atoms with Crippen molar-refractivity contribution in [2.75, 3.05) is 5.32 Å². The van der Waals surface area contributed by atoms with Crippen LogP contribution in [0.15, 0.2) is 48.5 Å². The summed E-state index contributed by atoms with van der Waals surface area (Å²) in [6, 6.07) is 15.4. The number of para-hydroxylation sites is 1. The molecule has 1 aliphatic rings. The average molecular weight is 329 g/mol. The van der Waals surface area contributed by atoms with Crippen LogP contribution in [0.25, 0.3) is 10.2 Å². The van der Waals surface area contributed by atoms with Gasteiger partial charge in [0, 0.05) is 5.02 Å². The van der Waals surface area contributed by atoms with Gasteiger partial charge in [-0.1, -0.05) is 53.3 Å². The van der Waals surface area contributed by atoms with Crippen molar-refractivity contribution in [2.45, 2.75) is 18.3 Å². The number of anilines is 1. The van der Waals surface area contributed by atoms with Crippen LogP contribution in [-0.4, -0.2) is 10.9 Å². The number of aromatic nitrogens is 1. The van der Waals surface area contributed by atoms with Crippen LogP contribution in [0.4, 0.5) is 5.13 Å². The van der Waals surface area contributed by atoms with E-state index < -0.39 is 5.41 Å². The number of carbonyl (C=O) groups is 1. The maximum Gasteiger partial charge on any atom is 0.236 e. The van der Waals surface area contributed by atoms with E-state index in [1.807, 2.05) is 48.5 Å². The topological polar surface area (TPSA) is 42.0 Å². The van der Waals surface area contributed by atoms with Gasteiger partial charge in [0.1, 0.15) is 0 Å². The molecule has 3 aromatic rings. The zero-order chi connectivity index (χ0) is 15.2. The van der Waals surface area contributed by atoms with Crippen LogP contribution in [-0.2, 0) is 10.2 Å². The lowest BCUT2D eigenvalue weighted by molar-refractivity contribution is -0.118. The minimum atomic E-state index is -0.490. The predicted octanol–water partition coefficient (Wildman–Crippen LogP) is 4.62. The van der Waals surface area contributed by atoms with Crippen molar-refractivity contribution in [1.29, 1.82) is 0 Å². The molecule has 1 N–H and O–H groups in total. The lowest BCUT2D eigenvalue weighted by Crippen LogP contribution is -2.28. The maximum absolute atomic E-state index is 12.7. The molecule has 5 heteroatoms. The first-order valence-electron chi connectivity index (χ1n) is 7.11. The van der Waals surface area contributed by atoms with Crippen LogP contribution in [0.1, 0.15) is 18.4 Å². The predicted molar refractivity (Wildman–Crippen MR) is 90.6 cm³/mol. The van der Waals surface area contributed by atoms with E-state index in [1.54, 1.807) is 0 Å². The molecule has 0 unspecified atom stereocenters. The number of hydrogen-bond acceptors (Lipinski definition) is 3. The number of fused-ring (bicyclic) bond motifs is 1. The molecular weight excluding hydrogens is 316 g/mol. The molecule has 0 spiro atoms. The Morgan fingerprint density at radius 3 is 2.59 bits per heavy atom. The van der Waals surface area contributed by atoms with Gasteiger partial charge in [0.05, 0.1) is 15.6 Å². The van der Waals surface area contributed by atoms with Gasteiger partial charge in [-0.25, -0.2) is 4.98 Å². The van der Waals surface area contributed by atoms with Crippen molar-refractivity contribution in [3.05, 3.63) is 59.1 Å². The molecule has 0 aliphatic heterocycles. The van der Waals surface area contributed by atoms with Gasteiger partial charge in [-0.05, 0) is 36.6 Å². The Morgan fingerprint density at radius 2 is 1.86 bits per heavy atom. The molecule has 1 saturated carbocycles. The lowest BCUT2D eigenvalue weighted by atomic mass is 9.95. The van der Waals surface area contributed by atoms with Crippen molar-refractivity contribution in [3.8, 4) is 0 Å². The minimum absolute atomic E-state index is 0.0142. The molecular formula is C17H13ClN2OS. The highest BCUT2D eigenvalue weighted by Crippen LogP contribution is 2.51. The van der Waals surface area contributed by atoms with Crippen LogP contribution in [0.2, 0.25) is 5.02 Å². The third-order valence-corrected chi connectivity index (χ3v) is 5.37. The van der Waals surface area contributed by atoms with Crippen molar-refractivity contribution in [1.82, 2.24) is 4.98 Å². The highest BCUT2D eigenvalue weighted by atomic mass is 35.5. The van der Waals surface area contributed by atoms with Gasteiger partial charge in [0.15, 0.2) is 5.13 Å². The number of benzene rings is 2. The first-order chi connectivity index (χ1) is 10.7. The van der Waals surface area contributed by atoms with Gasteiger partial charge in [-0.2, -0.15) is 0 Å². The molecule has 0 saturated heterocycles. The zero-order valence-corrected chi connectivity index (χ0v) is 13.2. The Balaban J connectivity index is 1.63. The van der Waals surface area contributed by atoms with Gasteiger partial charge >= 0.3 is 0 Å².